The molecule has 0 fully saturated rings. The molecule has 0 heteroatoms. The largest absolute Gasteiger partial charge is 0.0713 e. The van der Waals surface area contributed by atoms with Crippen molar-refractivity contribution in [3.63, 3.8) is 0 Å². The SMILES string of the molecule is Cc1ccc(/C(=C\c2ccc(-c3ccc(C4(c5ccc(/C=C(\c6ccc(C)cc6)c6cccc7ccccc67)cc5)c5ccccc5-c5ccccc54)cc3)cc2)c2cccc3ccccc23)cc1. The van der Waals surface area contributed by atoms with Crippen LogP contribution in [-0.2, 0) is 5.41 Å². The van der Waals surface area contributed by atoms with Gasteiger partial charge in [-0.25, -0.2) is 0 Å². The van der Waals surface area contributed by atoms with Crippen LogP contribution in [0.25, 0.3) is 67.1 Å². The molecule has 69 heavy (non-hydrogen) atoms. The van der Waals surface area contributed by atoms with Gasteiger partial charge in [0.1, 0.15) is 0 Å². The third-order valence-corrected chi connectivity index (χ3v) is 14.4. The smallest absolute Gasteiger partial charge is 0.0619 e. The summed E-state index contributed by atoms with van der Waals surface area (Å²) in [4.78, 5) is 0. The van der Waals surface area contributed by atoms with Crippen molar-refractivity contribution >= 4 is 44.8 Å². The zero-order valence-corrected chi connectivity index (χ0v) is 38.9. The minimum atomic E-state index is -0.508. The lowest BCUT2D eigenvalue weighted by Gasteiger charge is -2.34. The summed E-state index contributed by atoms with van der Waals surface area (Å²) in [6.45, 7) is 4.30. The van der Waals surface area contributed by atoms with E-state index in [4.69, 9.17) is 0 Å². The fraction of sp³-hybridized carbons (Fsp3) is 0.0435. The molecule has 1 aliphatic rings. The molecule has 0 heterocycles. The van der Waals surface area contributed by atoms with Crippen molar-refractivity contribution < 1.29 is 0 Å². The fourth-order valence-corrected chi connectivity index (χ4v) is 10.9. The lowest BCUT2D eigenvalue weighted by molar-refractivity contribution is 0.768. The van der Waals surface area contributed by atoms with Gasteiger partial charge in [0.15, 0.2) is 0 Å². The van der Waals surface area contributed by atoms with Crippen LogP contribution in [-0.4, -0.2) is 0 Å². The van der Waals surface area contributed by atoms with Gasteiger partial charge in [-0.15, -0.1) is 0 Å². The second-order valence-corrected chi connectivity index (χ2v) is 18.6. The van der Waals surface area contributed by atoms with E-state index in [0.29, 0.717) is 0 Å². The van der Waals surface area contributed by atoms with Crippen molar-refractivity contribution in [1.82, 2.24) is 0 Å². The number of aryl methyl sites for hydroxylation is 2. The van der Waals surface area contributed by atoms with Crippen molar-refractivity contribution in [3.05, 3.63) is 322 Å². The highest BCUT2D eigenvalue weighted by molar-refractivity contribution is 6.04. The molecule has 11 aromatic carbocycles. The number of hydrogen-bond acceptors (Lipinski definition) is 0. The third-order valence-electron chi connectivity index (χ3n) is 14.4. The maximum absolute atomic E-state index is 2.36. The average Bonchev–Trinajstić information content (AvgIpc) is 3.71. The predicted molar refractivity (Wildman–Crippen MR) is 293 cm³/mol. The minimum absolute atomic E-state index is 0.508. The maximum Gasteiger partial charge on any atom is 0.0713 e. The molecule has 0 nitrogen and oxygen atoms in total. The zero-order chi connectivity index (χ0) is 46.3. The van der Waals surface area contributed by atoms with Gasteiger partial charge in [0.05, 0.1) is 5.41 Å². The number of fused-ring (bicyclic) bond motifs is 5. The summed E-state index contributed by atoms with van der Waals surface area (Å²) in [5.41, 5.74) is 21.7. The molecular weight excluding hydrogens is 829 g/mol. The molecule has 326 valence electrons. The molecule has 0 spiro atoms. The van der Waals surface area contributed by atoms with Crippen LogP contribution in [0, 0.1) is 13.8 Å². The van der Waals surface area contributed by atoms with Gasteiger partial charge in [-0.05, 0) is 137 Å². The Hall–Kier alpha value is -8.58. The van der Waals surface area contributed by atoms with Gasteiger partial charge in [0.25, 0.3) is 0 Å². The van der Waals surface area contributed by atoms with Crippen LogP contribution < -0.4 is 0 Å². The van der Waals surface area contributed by atoms with Crippen LogP contribution in [0.1, 0.15) is 66.8 Å². The third kappa shape index (κ3) is 7.52. The molecule has 0 unspecified atom stereocenters. The summed E-state index contributed by atoms with van der Waals surface area (Å²) in [6, 6.07) is 94.2. The van der Waals surface area contributed by atoms with E-state index in [2.05, 4.69) is 281 Å². The summed E-state index contributed by atoms with van der Waals surface area (Å²) < 4.78 is 0. The molecule has 0 bridgehead atoms. The summed E-state index contributed by atoms with van der Waals surface area (Å²) >= 11 is 0. The van der Waals surface area contributed by atoms with Crippen molar-refractivity contribution in [1.29, 1.82) is 0 Å². The first kappa shape index (κ1) is 41.8. The number of rotatable bonds is 9. The van der Waals surface area contributed by atoms with Gasteiger partial charge in [0.2, 0.25) is 0 Å². The highest BCUT2D eigenvalue weighted by Crippen LogP contribution is 2.56. The first-order valence-corrected chi connectivity index (χ1v) is 24.1. The zero-order valence-electron chi connectivity index (χ0n) is 38.9. The van der Waals surface area contributed by atoms with Gasteiger partial charge < -0.3 is 0 Å². The Morgan fingerprint density at radius 3 is 1.14 bits per heavy atom. The molecule has 0 atom stereocenters. The van der Waals surface area contributed by atoms with Crippen molar-refractivity contribution in [2.45, 2.75) is 19.3 Å². The molecule has 0 saturated heterocycles. The highest BCUT2D eigenvalue weighted by Gasteiger charge is 2.45. The van der Waals surface area contributed by atoms with Crippen molar-refractivity contribution in [2.24, 2.45) is 0 Å². The summed E-state index contributed by atoms with van der Waals surface area (Å²) in [5.74, 6) is 0. The normalized spacial score (nSPS) is 13.1. The summed E-state index contributed by atoms with van der Waals surface area (Å²) in [5, 5.41) is 4.99. The number of benzene rings is 11. The van der Waals surface area contributed by atoms with E-state index < -0.39 is 5.41 Å². The van der Waals surface area contributed by atoms with Crippen LogP contribution in [0.2, 0.25) is 0 Å². The molecule has 0 saturated carbocycles. The van der Waals surface area contributed by atoms with E-state index in [1.165, 1.54) is 116 Å². The van der Waals surface area contributed by atoms with Crippen LogP contribution in [0.3, 0.4) is 0 Å². The Bertz CT molecular complexity index is 3680. The topological polar surface area (TPSA) is 0 Å². The van der Waals surface area contributed by atoms with Crippen LogP contribution in [0.4, 0.5) is 0 Å². The minimum Gasteiger partial charge on any atom is -0.0619 e. The standard InChI is InChI=1S/C69H50/c1-47-25-33-55(34-26-47)65(61-21-11-15-53-13-3-5-17-59(53)61)45-49-29-37-51(38-30-49)52-39-43-58(44-40-52)69(67-23-9-7-19-63(67)64-20-8-10-24-68(64)69)57-41-31-50(32-42-57)46-66(56-35-27-48(2)28-36-56)62-22-12-16-54-14-4-6-18-60(54)62/h3-46H,1-2H3/b65-45+,66-46+. The van der Waals surface area contributed by atoms with Gasteiger partial charge in [-0.1, -0.05) is 266 Å². The molecule has 1 aliphatic carbocycles. The Labute approximate surface area is 405 Å². The Balaban J connectivity index is 0.934. The lowest BCUT2D eigenvalue weighted by Crippen LogP contribution is -2.28. The maximum atomic E-state index is 2.36. The van der Waals surface area contributed by atoms with Crippen LogP contribution in [0.15, 0.2) is 255 Å². The van der Waals surface area contributed by atoms with E-state index in [9.17, 15) is 0 Å². The molecule has 0 N–H and O–H groups in total. The van der Waals surface area contributed by atoms with E-state index in [-0.39, 0.29) is 0 Å². The lowest BCUT2D eigenvalue weighted by atomic mass is 9.67. The summed E-state index contributed by atoms with van der Waals surface area (Å²) in [6.07, 6.45) is 4.70. The van der Waals surface area contributed by atoms with E-state index in [0.717, 1.165) is 5.56 Å². The van der Waals surface area contributed by atoms with Crippen molar-refractivity contribution in [3.8, 4) is 22.3 Å². The first-order chi connectivity index (χ1) is 34.0. The Morgan fingerprint density at radius 1 is 0.319 bits per heavy atom. The molecule has 0 aliphatic heterocycles. The average molecular weight is 879 g/mol. The van der Waals surface area contributed by atoms with E-state index >= 15 is 0 Å². The van der Waals surface area contributed by atoms with Gasteiger partial charge in [-0.2, -0.15) is 0 Å². The predicted octanol–water partition coefficient (Wildman–Crippen LogP) is 17.8. The van der Waals surface area contributed by atoms with Gasteiger partial charge in [-0.3, -0.25) is 0 Å². The Kier molecular flexibility index (Phi) is 10.7. The number of hydrogen-bond donors (Lipinski definition) is 0. The second-order valence-electron chi connectivity index (χ2n) is 18.6. The van der Waals surface area contributed by atoms with E-state index in [1.54, 1.807) is 0 Å². The molecule has 11 aromatic rings. The Morgan fingerprint density at radius 2 is 0.681 bits per heavy atom. The molecule has 0 aromatic heterocycles. The molecule has 12 rings (SSSR count). The molecular formula is C69H50. The van der Waals surface area contributed by atoms with Crippen molar-refractivity contribution in [2.75, 3.05) is 0 Å². The van der Waals surface area contributed by atoms with Gasteiger partial charge >= 0.3 is 0 Å². The van der Waals surface area contributed by atoms with E-state index in [1.807, 2.05) is 0 Å². The fourth-order valence-electron chi connectivity index (χ4n) is 10.9. The van der Waals surface area contributed by atoms with Gasteiger partial charge in [0, 0.05) is 0 Å². The van der Waals surface area contributed by atoms with Crippen LogP contribution >= 0.6 is 0 Å². The first-order valence-electron chi connectivity index (χ1n) is 24.1. The summed E-state index contributed by atoms with van der Waals surface area (Å²) in [7, 11) is 0. The monoisotopic (exact) mass is 878 g/mol. The highest BCUT2D eigenvalue weighted by atomic mass is 14.5. The van der Waals surface area contributed by atoms with Crippen LogP contribution in [0.5, 0.6) is 0 Å². The molecule has 0 radical (unpaired) electrons. The second kappa shape index (κ2) is 17.6. The molecule has 0 amide bonds. The quantitative estimate of drug-likeness (QED) is 0.127.